The van der Waals surface area contributed by atoms with Crippen LogP contribution in [0.3, 0.4) is 0 Å². The van der Waals surface area contributed by atoms with Gasteiger partial charge in [-0.15, -0.1) is 0 Å². The zero-order chi connectivity index (χ0) is 16.6. The molecule has 1 fully saturated rings. The molecule has 0 aromatic rings. The van der Waals surface area contributed by atoms with Gasteiger partial charge in [0.1, 0.15) is 0 Å². The van der Waals surface area contributed by atoms with Crippen LogP contribution in [-0.4, -0.2) is 38.1 Å². The van der Waals surface area contributed by atoms with E-state index in [0.717, 1.165) is 32.0 Å². The maximum atomic E-state index is 6.12. The van der Waals surface area contributed by atoms with Gasteiger partial charge >= 0.3 is 0 Å². The first-order valence-corrected chi connectivity index (χ1v) is 8.78. The van der Waals surface area contributed by atoms with E-state index in [-0.39, 0.29) is 5.60 Å². The van der Waals surface area contributed by atoms with Crippen molar-refractivity contribution in [2.75, 3.05) is 26.4 Å². The summed E-state index contributed by atoms with van der Waals surface area (Å²) in [5.74, 6) is 1.31. The molecule has 3 nitrogen and oxygen atoms in total. The maximum absolute atomic E-state index is 6.12. The zero-order valence-electron chi connectivity index (χ0n) is 15.3. The molecule has 1 aliphatic rings. The second-order valence-electron chi connectivity index (χ2n) is 7.71. The molecule has 0 spiro atoms. The Kier molecular flexibility index (Phi) is 8.66. The quantitative estimate of drug-likeness (QED) is 0.460. The van der Waals surface area contributed by atoms with E-state index in [9.17, 15) is 0 Å². The summed E-state index contributed by atoms with van der Waals surface area (Å²) >= 11 is 0. The fourth-order valence-corrected chi connectivity index (χ4v) is 2.98. The van der Waals surface area contributed by atoms with E-state index in [1.54, 1.807) is 0 Å². The second-order valence-corrected chi connectivity index (χ2v) is 7.71. The van der Waals surface area contributed by atoms with Gasteiger partial charge in [-0.05, 0) is 59.3 Å². The summed E-state index contributed by atoms with van der Waals surface area (Å²) in [7, 11) is 0. The highest BCUT2D eigenvalue weighted by molar-refractivity contribution is 5.02. The van der Waals surface area contributed by atoms with Crippen molar-refractivity contribution in [1.29, 1.82) is 0 Å². The van der Waals surface area contributed by atoms with Gasteiger partial charge in [0.05, 0.1) is 24.9 Å². The Morgan fingerprint density at radius 3 is 2.45 bits per heavy atom. The minimum atomic E-state index is -0.0816. The average molecular weight is 312 g/mol. The van der Waals surface area contributed by atoms with E-state index in [1.807, 2.05) is 0 Å². The molecule has 0 bridgehead atoms. The molecular weight excluding hydrogens is 276 g/mol. The van der Waals surface area contributed by atoms with Crippen molar-refractivity contribution in [2.24, 2.45) is 11.8 Å². The molecule has 0 heterocycles. The molecule has 3 heteroatoms. The molecule has 0 amide bonds. The second kappa shape index (κ2) is 9.69. The summed E-state index contributed by atoms with van der Waals surface area (Å²) in [5, 5.41) is 0. The van der Waals surface area contributed by atoms with Gasteiger partial charge in [0.25, 0.3) is 0 Å². The molecule has 0 radical (unpaired) electrons. The minimum absolute atomic E-state index is 0.0816. The molecule has 3 atom stereocenters. The van der Waals surface area contributed by atoms with Crippen molar-refractivity contribution in [2.45, 2.75) is 72.0 Å². The van der Waals surface area contributed by atoms with Gasteiger partial charge in [-0.2, -0.15) is 0 Å². The van der Waals surface area contributed by atoms with Gasteiger partial charge in [0.15, 0.2) is 0 Å². The van der Waals surface area contributed by atoms with E-state index < -0.39 is 0 Å². The minimum Gasteiger partial charge on any atom is -0.379 e. The largest absolute Gasteiger partial charge is 0.379 e. The fraction of sp³-hybridized carbons (Fsp3) is 0.895. The lowest BCUT2D eigenvalue weighted by atomic mass is 9.78. The van der Waals surface area contributed by atoms with Crippen LogP contribution in [0.4, 0.5) is 0 Å². The topological polar surface area (TPSA) is 27.7 Å². The van der Waals surface area contributed by atoms with Crippen LogP contribution in [0.15, 0.2) is 12.2 Å². The first kappa shape index (κ1) is 19.7. The summed E-state index contributed by atoms with van der Waals surface area (Å²) in [5.41, 5.74) is 1.19. The van der Waals surface area contributed by atoms with Gasteiger partial charge < -0.3 is 14.2 Å². The highest BCUT2D eigenvalue weighted by atomic mass is 16.5. The summed E-state index contributed by atoms with van der Waals surface area (Å²) in [6.45, 7) is 17.6. The molecule has 0 N–H and O–H groups in total. The SMILES string of the molecule is C=C(C)C1CCC(C)CC1OCCCOCCOC(C)(C)C. The molecule has 22 heavy (non-hydrogen) atoms. The van der Waals surface area contributed by atoms with E-state index in [2.05, 4.69) is 41.2 Å². The smallest absolute Gasteiger partial charge is 0.0707 e. The molecule has 3 unspecified atom stereocenters. The van der Waals surface area contributed by atoms with Crippen LogP contribution < -0.4 is 0 Å². The van der Waals surface area contributed by atoms with Crippen LogP contribution in [0.2, 0.25) is 0 Å². The van der Waals surface area contributed by atoms with Crippen LogP contribution in [0.1, 0.15) is 60.3 Å². The van der Waals surface area contributed by atoms with Gasteiger partial charge in [-0.1, -0.05) is 19.1 Å². The van der Waals surface area contributed by atoms with Gasteiger partial charge in [0, 0.05) is 19.1 Å². The predicted octanol–water partition coefficient (Wildman–Crippen LogP) is 4.61. The lowest BCUT2D eigenvalue weighted by Gasteiger charge is -2.35. The Balaban J connectivity index is 2.09. The Morgan fingerprint density at radius 1 is 1.09 bits per heavy atom. The molecule has 0 aromatic carbocycles. The van der Waals surface area contributed by atoms with Crippen LogP contribution in [-0.2, 0) is 14.2 Å². The number of rotatable bonds is 9. The molecule has 1 rings (SSSR count). The summed E-state index contributed by atoms with van der Waals surface area (Å²) in [4.78, 5) is 0. The molecule has 0 aliphatic heterocycles. The normalized spacial score (nSPS) is 26.1. The summed E-state index contributed by atoms with van der Waals surface area (Å²) in [6.07, 6.45) is 4.99. The Labute approximate surface area is 137 Å². The monoisotopic (exact) mass is 312 g/mol. The predicted molar refractivity (Wildman–Crippen MR) is 92.2 cm³/mol. The zero-order valence-corrected chi connectivity index (χ0v) is 15.3. The van der Waals surface area contributed by atoms with Crippen molar-refractivity contribution in [3.8, 4) is 0 Å². The first-order valence-electron chi connectivity index (χ1n) is 8.78. The Bertz CT molecular complexity index is 319. The van der Waals surface area contributed by atoms with Crippen molar-refractivity contribution in [1.82, 2.24) is 0 Å². The molecule has 130 valence electrons. The maximum Gasteiger partial charge on any atom is 0.0707 e. The Hall–Kier alpha value is -0.380. The lowest BCUT2D eigenvalue weighted by molar-refractivity contribution is -0.0443. The third-order valence-electron chi connectivity index (χ3n) is 4.21. The third-order valence-corrected chi connectivity index (χ3v) is 4.21. The molecule has 1 aliphatic carbocycles. The Morgan fingerprint density at radius 2 is 1.82 bits per heavy atom. The highest BCUT2D eigenvalue weighted by Crippen LogP contribution is 2.34. The third kappa shape index (κ3) is 8.30. The van der Waals surface area contributed by atoms with Crippen molar-refractivity contribution in [3.63, 3.8) is 0 Å². The van der Waals surface area contributed by atoms with Gasteiger partial charge in [-0.3, -0.25) is 0 Å². The van der Waals surface area contributed by atoms with Gasteiger partial charge in [-0.25, -0.2) is 0 Å². The average Bonchev–Trinajstić information content (AvgIpc) is 2.40. The number of hydrogen-bond donors (Lipinski definition) is 0. The fourth-order valence-electron chi connectivity index (χ4n) is 2.98. The van der Waals surface area contributed by atoms with Crippen LogP contribution in [0.5, 0.6) is 0 Å². The summed E-state index contributed by atoms with van der Waals surface area (Å²) in [6, 6.07) is 0. The van der Waals surface area contributed by atoms with E-state index >= 15 is 0 Å². The molecule has 0 aromatic heterocycles. The van der Waals surface area contributed by atoms with E-state index in [4.69, 9.17) is 14.2 Å². The van der Waals surface area contributed by atoms with Gasteiger partial charge in [0.2, 0.25) is 0 Å². The van der Waals surface area contributed by atoms with E-state index in [0.29, 0.717) is 25.2 Å². The van der Waals surface area contributed by atoms with Crippen LogP contribution in [0, 0.1) is 11.8 Å². The molecular formula is C19H36O3. The van der Waals surface area contributed by atoms with Crippen LogP contribution in [0.25, 0.3) is 0 Å². The summed E-state index contributed by atoms with van der Waals surface area (Å²) < 4.78 is 17.3. The number of ether oxygens (including phenoxy) is 3. The molecule has 0 saturated heterocycles. The lowest BCUT2D eigenvalue weighted by Crippen LogP contribution is -2.32. The van der Waals surface area contributed by atoms with Crippen molar-refractivity contribution in [3.05, 3.63) is 12.2 Å². The molecule has 1 saturated carbocycles. The number of hydrogen-bond acceptors (Lipinski definition) is 3. The van der Waals surface area contributed by atoms with Crippen molar-refractivity contribution < 1.29 is 14.2 Å². The van der Waals surface area contributed by atoms with Crippen molar-refractivity contribution >= 4 is 0 Å². The highest BCUT2D eigenvalue weighted by Gasteiger charge is 2.29. The van der Waals surface area contributed by atoms with E-state index in [1.165, 1.54) is 18.4 Å². The van der Waals surface area contributed by atoms with Crippen LogP contribution >= 0.6 is 0 Å². The first-order chi connectivity index (χ1) is 10.3. The standard InChI is InChI=1S/C19H36O3/c1-15(2)17-9-8-16(3)14-18(17)21-11-7-10-20-12-13-22-19(4,5)6/h16-18H,1,7-14H2,2-6H3.